The average molecular weight is 195 g/mol. The summed E-state index contributed by atoms with van der Waals surface area (Å²) in [6.07, 6.45) is 10.5. The molecule has 0 fully saturated rings. The van der Waals surface area contributed by atoms with Gasteiger partial charge in [0.2, 0.25) is 0 Å². The Hall–Kier alpha value is -0.830. The molecule has 0 aliphatic carbocycles. The minimum Gasteiger partial charge on any atom is -0.313 e. The molecular weight excluding hydrogens is 174 g/mol. The molecule has 0 spiro atoms. The van der Waals surface area contributed by atoms with Gasteiger partial charge in [-0.2, -0.15) is 5.10 Å². The zero-order valence-corrected chi connectivity index (χ0v) is 9.05. The maximum atomic E-state index is 3.90. The van der Waals surface area contributed by atoms with Crippen LogP contribution in [0.15, 0.2) is 12.4 Å². The van der Waals surface area contributed by atoms with Crippen molar-refractivity contribution in [2.24, 2.45) is 0 Å². The summed E-state index contributed by atoms with van der Waals surface area (Å²) in [5, 5.41) is 10.1. The lowest BCUT2D eigenvalue weighted by Gasteiger charge is -2.02. The maximum Gasteiger partial charge on any atom is 0.0532 e. The van der Waals surface area contributed by atoms with E-state index in [1.807, 2.05) is 12.4 Å². The Balaban J connectivity index is 1.85. The molecule has 1 heterocycles. The minimum atomic E-state index is 0.935. The van der Waals surface area contributed by atoms with Crippen LogP contribution in [0.4, 0.5) is 0 Å². The van der Waals surface area contributed by atoms with E-state index in [9.17, 15) is 0 Å². The van der Waals surface area contributed by atoms with Crippen LogP contribution in [-0.4, -0.2) is 16.7 Å². The predicted octanol–water partition coefficient (Wildman–Crippen LogP) is 2.47. The highest BCUT2D eigenvalue weighted by atomic mass is 15.1. The molecule has 0 radical (unpaired) electrons. The summed E-state index contributed by atoms with van der Waals surface area (Å²) < 4.78 is 0. The summed E-state index contributed by atoms with van der Waals surface area (Å²) in [5.41, 5.74) is 1.23. The van der Waals surface area contributed by atoms with Crippen LogP contribution in [0.1, 0.15) is 44.6 Å². The highest BCUT2D eigenvalue weighted by molar-refractivity contribution is 5.01. The van der Waals surface area contributed by atoms with Crippen molar-refractivity contribution < 1.29 is 0 Å². The third kappa shape index (κ3) is 5.02. The van der Waals surface area contributed by atoms with Crippen molar-refractivity contribution >= 4 is 0 Å². The van der Waals surface area contributed by atoms with E-state index in [0.29, 0.717) is 0 Å². The molecule has 3 nitrogen and oxygen atoms in total. The van der Waals surface area contributed by atoms with Crippen molar-refractivity contribution in [2.45, 2.75) is 45.6 Å². The maximum absolute atomic E-state index is 3.90. The fraction of sp³-hybridized carbons (Fsp3) is 0.727. The van der Waals surface area contributed by atoms with E-state index < -0.39 is 0 Å². The van der Waals surface area contributed by atoms with Crippen LogP contribution in [0.25, 0.3) is 0 Å². The summed E-state index contributed by atoms with van der Waals surface area (Å²) in [6.45, 7) is 4.30. The molecule has 0 aromatic carbocycles. The van der Waals surface area contributed by atoms with Crippen molar-refractivity contribution in [3.63, 3.8) is 0 Å². The molecule has 0 atom stereocenters. The number of H-pyrrole nitrogens is 1. The molecule has 0 saturated carbocycles. The van der Waals surface area contributed by atoms with Crippen molar-refractivity contribution in [1.29, 1.82) is 0 Å². The number of hydrogen-bond donors (Lipinski definition) is 2. The largest absolute Gasteiger partial charge is 0.313 e. The number of aromatic nitrogens is 2. The van der Waals surface area contributed by atoms with Crippen LogP contribution >= 0.6 is 0 Å². The normalized spacial score (nSPS) is 10.6. The van der Waals surface area contributed by atoms with Gasteiger partial charge in [0.1, 0.15) is 0 Å². The van der Waals surface area contributed by atoms with Gasteiger partial charge in [-0.15, -0.1) is 0 Å². The van der Waals surface area contributed by atoms with Crippen molar-refractivity contribution in [3.8, 4) is 0 Å². The van der Waals surface area contributed by atoms with Crippen molar-refractivity contribution in [2.75, 3.05) is 6.54 Å². The number of nitrogens with one attached hydrogen (secondary N) is 2. The van der Waals surface area contributed by atoms with Gasteiger partial charge in [-0.1, -0.05) is 32.6 Å². The number of nitrogens with zero attached hydrogens (tertiary/aromatic N) is 1. The van der Waals surface area contributed by atoms with Crippen molar-refractivity contribution in [1.82, 2.24) is 15.5 Å². The topological polar surface area (TPSA) is 40.7 Å². The molecule has 0 aliphatic rings. The summed E-state index contributed by atoms with van der Waals surface area (Å²) in [4.78, 5) is 0. The Kier molecular flexibility index (Phi) is 6.07. The number of hydrogen-bond acceptors (Lipinski definition) is 2. The van der Waals surface area contributed by atoms with E-state index in [1.54, 1.807) is 0 Å². The highest BCUT2D eigenvalue weighted by Gasteiger charge is 1.92. The molecule has 0 bridgehead atoms. The van der Waals surface area contributed by atoms with Gasteiger partial charge in [0.15, 0.2) is 0 Å². The lowest BCUT2D eigenvalue weighted by Crippen LogP contribution is -2.14. The molecule has 1 rings (SSSR count). The van der Waals surface area contributed by atoms with Gasteiger partial charge in [0.05, 0.1) is 6.20 Å². The third-order valence-electron chi connectivity index (χ3n) is 2.34. The monoisotopic (exact) mass is 195 g/mol. The summed E-state index contributed by atoms with van der Waals surface area (Å²) in [6, 6.07) is 0. The van der Waals surface area contributed by atoms with Gasteiger partial charge in [-0.3, -0.25) is 5.10 Å². The Bertz CT molecular complexity index is 206. The van der Waals surface area contributed by atoms with Crippen LogP contribution < -0.4 is 5.32 Å². The molecule has 0 unspecified atom stereocenters. The standard InChI is InChI=1S/C11H21N3/c1-2-3-4-5-6-7-12-8-11-9-13-14-10-11/h9-10,12H,2-8H2,1H3,(H,13,14). The van der Waals surface area contributed by atoms with Gasteiger partial charge in [0, 0.05) is 18.3 Å². The molecular formula is C11H21N3. The predicted molar refractivity (Wildman–Crippen MR) is 59.1 cm³/mol. The van der Waals surface area contributed by atoms with Crippen molar-refractivity contribution in [3.05, 3.63) is 18.0 Å². The van der Waals surface area contributed by atoms with E-state index in [2.05, 4.69) is 22.4 Å². The third-order valence-corrected chi connectivity index (χ3v) is 2.34. The number of aromatic amines is 1. The first kappa shape index (κ1) is 11.2. The highest BCUT2D eigenvalue weighted by Crippen LogP contribution is 2.01. The molecule has 3 heteroatoms. The lowest BCUT2D eigenvalue weighted by molar-refractivity contribution is 0.583. The fourth-order valence-electron chi connectivity index (χ4n) is 1.46. The molecule has 1 aromatic rings. The molecule has 80 valence electrons. The first-order valence-corrected chi connectivity index (χ1v) is 5.62. The molecule has 0 aliphatic heterocycles. The molecule has 14 heavy (non-hydrogen) atoms. The average Bonchev–Trinajstić information content (AvgIpc) is 2.69. The minimum absolute atomic E-state index is 0.935. The quantitative estimate of drug-likeness (QED) is 0.626. The SMILES string of the molecule is CCCCCCCNCc1cn[nH]c1. The van der Waals surface area contributed by atoms with Gasteiger partial charge >= 0.3 is 0 Å². The molecule has 1 aromatic heterocycles. The van der Waals surface area contributed by atoms with Crippen LogP contribution in [-0.2, 0) is 6.54 Å². The first-order chi connectivity index (χ1) is 6.93. The molecule has 0 saturated heterocycles. The van der Waals surface area contributed by atoms with E-state index in [4.69, 9.17) is 0 Å². The Morgan fingerprint density at radius 1 is 1.29 bits per heavy atom. The van der Waals surface area contributed by atoms with Gasteiger partial charge in [0.25, 0.3) is 0 Å². The second-order valence-electron chi connectivity index (χ2n) is 3.70. The zero-order chi connectivity index (χ0) is 10.1. The van der Waals surface area contributed by atoms with Gasteiger partial charge in [-0.05, 0) is 13.0 Å². The van der Waals surface area contributed by atoms with E-state index in [0.717, 1.165) is 13.1 Å². The van der Waals surface area contributed by atoms with Crippen LogP contribution in [0.5, 0.6) is 0 Å². The molecule has 0 amide bonds. The second kappa shape index (κ2) is 7.56. The summed E-state index contributed by atoms with van der Waals surface area (Å²) in [7, 11) is 0. The lowest BCUT2D eigenvalue weighted by atomic mass is 10.1. The molecule has 2 N–H and O–H groups in total. The van der Waals surface area contributed by atoms with Gasteiger partial charge in [-0.25, -0.2) is 0 Å². The Morgan fingerprint density at radius 2 is 2.14 bits per heavy atom. The fourth-order valence-corrected chi connectivity index (χ4v) is 1.46. The first-order valence-electron chi connectivity index (χ1n) is 5.62. The second-order valence-corrected chi connectivity index (χ2v) is 3.70. The smallest absolute Gasteiger partial charge is 0.0532 e. The number of unbranched alkanes of at least 4 members (excludes halogenated alkanes) is 4. The summed E-state index contributed by atoms with van der Waals surface area (Å²) >= 11 is 0. The van der Waals surface area contributed by atoms with Gasteiger partial charge < -0.3 is 5.32 Å². The number of rotatable bonds is 8. The van der Waals surface area contributed by atoms with Crippen LogP contribution in [0.2, 0.25) is 0 Å². The van der Waals surface area contributed by atoms with E-state index in [-0.39, 0.29) is 0 Å². The van der Waals surface area contributed by atoms with E-state index in [1.165, 1.54) is 37.7 Å². The van der Waals surface area contributed by atoms with Crippen LogP contribution in [0, 0.1) is 0 Å². The summed E-state index contributed by atoms with van der Waals surface area (Å²) in [5.74, 6) is 0. The Labute approximate surface area is 86.3 Å². The van der Waals surface area contributed by atoms with E-state index >= 15 is 0 Å². The van der Waals surface area contributed by atoms with Crippen LogP contribution in [0.3, 0.4) is 0 Å². The zero-order valence-electron chi connectivity index (χ0n) is 9.05. The Morgan fingerprint density at radius 3 is 2.86 bits per heavy atom.